The molecule has 110 valence electrons. The van der Waals surface area contributed by atoms with Gasteiger partial charge in [0.15, 0.2) is 0 Å². The van der Waals surface area contributed by atoms with E-state index in [1.165, 1.54) is 22.8 Å². The fourth-order valence-corrected chi connectivity index (χ4v) is 3.05. The minimum atomic E-state index is -3.58. The first-order valence-electron chi connectivity index (χ1n) is 6.38. The molecule has 5 nitrogen and oxygen atoms in total. The Morgan fingerprint density at radius 1 is 1.40 bits per heavy atom. The summed E-state index contributed by atoms with van der Waals surface area (Å²) in [5.74, 6) is 5.47. The summed E-state index contributed by atoms with van der Waals surface area (Å²) in [4.78, 5) is 4.09. The van der Waals surface area contributed by atoms with Crippen LogP contribution in [0.1, 0.15) is 32.8 Å². The van der Waals surface area contributed by atoms with E-state index in [9.17, 15) is 8.42 Å². The van der Waals surface area contributed by atoms with E-state index in [0.29, 0.717) is 12.0 Å². The van der Waals surface area contributed by atoms with E-state index in [4.69, 9.17) is 5.73 Å². The average Bonchev–Trinajstić information content (AvgIpc) is 2.44. The third kappa shape index (κ3) is 3.57. The number of aromatic nitrogens is 1. The predicted octanol–water partition coefficient (Wildman–Crippen LogP) is 1.20. The quantitative estimate of drug-likeness (QED) is 0.847. The standard InChI is InChI=1S/C14H21N3O2S/c1-5-14(2,3)17(4)20(18,19)13-9-12(7-6-8-15)10-16-11-13/h9-11H,5,8,15H2,1-4H3. The Hall–Kier alpha value is -1.42. The number of sulfonamides is 1. The summed E-state index contributed by atoms with van der Waals surface area (Å²) in [5, 5.41) is 0. The van der Waals surface area contributed by atoms with E-state index in [0.717, 1.165) is 0 Å². The van der Waals surface area contributed by atoms with E-state index < -0.39 is 15.6 Å². The first-order chi connectivity index (χ1) is 9.25. The molecular weight excluding hydrogens is 274 g/mol. The van der Waals surface area contributed by atoms with Crippen LogP contribution < -0.4 is 5.73 Å². The average molecular weight is 295 g/mol. The van der Waals surface area contributed by atoms with Gasteiger partial charge < -0.3 is 5.73 Å². The van der Waals surface area contributed by atoms with Crippen LogP contribution in [0.5, 0.6) is 0 Å². The summed E-state index contributed by atoms with van der Waals surface area (Å²) in [6.07, 6.45) is 3.57. The smallest absolute Gasteiger partial charge is 0.244 e. The van der Waals surface area contributed by atoms with E-state index in [-0.39, 0.29) is 11.4 Å². The maximum atomic E-state index is 12.6. The molecule has 0 saturated carbocycles. The predicted molar refractivity (Wildman–Crippen MR) is 79.5 cm³/mol. The molecule has 0 aromatic carbocycles. The second-order valence-electron chi connectivity index (χ2n) is 5.05. The van der Waals surface area contributed by atoms with Gasteiger partial charge in [0.2, 0.25) is 10.0 Å². The lowest BCUT2D eigenvalue weighted by molar-refractivity contribution is 0.257. The van der Waals surface area contributed by atoms with Gasteiger partial charge in [0.05, 0.1) is 6.54 Å². The highest BCUT2D eigenvalue weighted by Gasteiger charge is 2.32. The fraction of sp³-hybridized carbons (Fsp3) is 0.500. The highest BCUT2D eigenvalue weighted by Crippen LogP contribution is 2.25. The third-order valence-corrected chi connectivity index (χ3v) is 5.46. The maximum Gasteiger partial charge on any atom is 0.244 e. The van der Waals surface area contributed by atoms with E-state index in [1.54, 1.807) is 7.05 Å². The molecule has 0 fully saturated rings. The molecule has 0 unspecified atom stereocenters. The molecule has 0 radical (unpaired) electrons. The Balaban J connectivity index is 3.23. The number of hydrogen-bond acceptors (Lipinski definition) is 4. The first-order valence-corrected chi connectivity index (χ1v) is 7.82. The summed E-state index contributed by atoms with van der Waals surface area (Å²) < 4.78 is 26.5. The minimum absolute atomic E-state index is 0.144. The van der Waals surface area contributed by atoms with Crippen molar-refractivity contribution in [3.05, 3.63) is 24.0 Å². The molecule has 1 heterocycles. The van der Waals surface area contributed by atoms with Gasteiger partial charge in [-0.25, -0.2) is 8.42 Å². The molecule has 1 aromatic rings. The zero-order valence-corrected chi connectivity index (χ0v) is 13.2. The SMILES string of the molecule is CCC(C)(C)N(C)S(=O)(=O)c1cncc(C#CCN)c1. The molecule has 0 aliphatic heterocycles. The molecule has 6 heteroatoms. The number of hydrogen-bond donors (Lipinski definition) is 1. The molecule has 20 heavy (non-hydrogen) atoms. The largest absolute Gasteiger partial charge is 0.320 e. The minimum Gasteiger partial charge on any atom is -0.320 e. The Bertz CT molecular complexity index is 627. The molecule has 0 bridgehead atoms. The zero-order chi connectivity index (χ0) is 15.4. The van der Waals surface area contributed by atoms with Crippen molar-refractivity contribution in [2.45, 2.75) is 37.6 Å². The van der Waals surface area contributed by atoms with Gasteiger partial charge in [-0.05, 0) is 26.3 Å². The number of rotatable bonds is 4. The Morgan fingerprint density at radius 2 is 2.05 bits per heavy atom. The lowest BCUT2D eigenvalue weighted by Crippen LogP contribution is -2.44. The number of nitrogens with zero attached hydrogens (tertiary/aromatic N) is 2. The lowest BCUT2D eigenvalue weighted by atomic mass is 10.0. The van der Waals surface area contributed by atoms with Crippen LogP contribution in [0.25, 0.3) is 0 Å². The van der Waals surface area contributed by atoms with Crippen LogP contribution in [0.15, 0.2) is 23.4 Å². The highest BCUT2D eigenvalue weighted by atomic mass is 32.2. The normalized spacial score (nSPS) is 12.1. The van der Waals surface area contributed by atoms with Gasteiger partial charge in [0, 0.05) is 30.5 Å². The van der Waals surface area contributed by atoms with Crippen LogP contribution in [-0.4, -0.2) is 36.8 Å². The van der Waals surface area contributed by atoms with E-state index in [1.807, 2.05) is 20.8 Å². The topological polar surface area (TPSA) is 76.3 Å². The van der Waals surface area contributed by atoms with Crippen LogP contribution in [-0.2, 0) is 10.0 Å². The third-order valence-electron chi connectivity index (χ3n) is 3.42. The van der Waals surface area contributed by atoms with Gasteiger partial charge in [0.1, 0.15) is 4.90 Å². The molecule has 0 aliphatic rings. The lowest BCUT2D eigenvalue weighted by Gasteiger charge is -2.33. The monoisotopic (exact) mass is 295 g/mol. The number of pyridine rings is 1. The zero-order valence-electron chi connectivity index (χ0n) is 12.3. The van der Waals surface area contributed by atoms with Crippen LogP contribution >= 0.6 is 0 Å². The maximum absolute atomic E-state index is 12.6. The Morgan fingerprint density at radius 3 is 2.60 bits per heavy atom. The van der Waals surface area contributed by atoms with E-state index >= 15 is 0 Å². The highest BCUT2D eigenvalue weighted by molar-refractivity contribution is 7.89. The van der Waals surface area contributed by atoms with Gasteiger partial charge in [-0.3, -0.25) is 4.98 Å². The summed E-state index contributed by atoms with van der Waals surface area (Å²) in [7, 11) is -2.00. The van der Waals surface area contributed by atoms with Gasteiger partial charge >= 0.3 is 0 Å². The van der Waals surface area contributed by atoms with Crippen LogP contribution in [0.4, 0.5) is 0 Å². The summed E-state index contributed by atoms with van der Waals surface area (Å²) in [6, 6.07) is 1.52. The summed E-state index contributed by atoms with van der Waals surface area (Å²) >= 11 is 0. The molecular formula is C14H21N3O2S. The second-order valence-corrected chi connectivity index (χ2v) is 7.02. The molecule has 0 saturated heterocycles. The van der Waals surface area contributed by atoms with Gasteiger partial charge in [-0.2, -0.15) is 4.31 Å². The van der Waals surface area contributed by atoms with E-state index in [2.05, 4.69) is 16.8 Å². The molecule has 0 atom stereocenters. The Kier molecular flexibility index (Phi) is 5.28. The van der Waals surface area contributed by atoms with Crippen molar-refractivity contribution >= 4 is 10.0 Å². The molecule has 0 spiro atoms. The molecule has 1 aromatic heterocycles. The van der Waals surface area contributed by atoms with Crippen molar-refractivity contribution in [2.24, 2.45) is 5.73 Å². The van der Waals surface area contributed by atoms with Crippen molar-refractivity contribution < 1.29 is 8.42 Å². The summed E-state index contributed by atoms with van der Waals surface area (Å²) in [6.45, 7) is 5.94. The summed E-state index contributed by atoms with van der Waals surface area (Å²) in [5.41, 5.74) is 5.38. The van der Waals surface area contributed by atoms with Crippen molar-refractivity contribution in [3.8, 4) is 11.8 Å². The fourth-order valence-electron chi connectivity index (χ4n) is 1.49. The first kappa shape index (κ1) is 16.6. The van der Waals surface area contributed by atoms with Crippen LogP contribution in [0.3, 0.4) is 0 Å². The molecule has 2 N–H and O–H groups in total. The van der Waals surface area contributed by atoms with Crippen LogP contribution in [0.2, 0.25) is 0 Å². The number of nitrogens with two attached hydrogens (primary N) is 1. The Labute approximate surface area is 121 Å². The van der Waals surface area contributed by atoms with Gasteiger partial charge in [-0.1, -0.05) is 18.8 Å². The van der Waals surface area contributed by atoms with Crippen molar-refractivity contribution in [1.29, 1.82) is 0 Å². The second kappa shape index (κ2) is 6.35. The van der Waals surface area contributed by atoms with Gasteiger partial charge in [-0.15, -0.1) is 0 Å². The molecule has 0 aliphatic carbocycles. The van der Waals surface area contributed by atoms with Crippen molar-refractivity contribution in [3.63, 3.8) is 0 Å². The van der Waals surface area contributed by atoms with Crippen molar-refractivity contribution in [1.82, 2.24) is 9.29 Å². The van der Waals surface area contributed by atoms with Gasteiger partial charge in [0.25, 0.3) is 0 Å². The van der Waals surface area contributed by atoms with Crippen LogP contribution in [0, 0.1) is 11.8 Å². The molecule has 0 amide bonds. The van der Waals surface area contributed by atoms with Crippen molar-refractivity contribution in [2.75, 3.05) is 13.6 Å². The molecule has 1 rings (SSSR count).